The number of hydrogen-bond acceptors (Lipinski definition) is 2. The first-order valence-electron chi connectivity index (χ1n) is 11.6. The third kappa shape index (κ3) is 7.57. The summed E-state index contributed by atoms with van der Waals surface area (Å²) in [4.78, 5) is 30.0. The van der Waals surface area contributed by atoms with Gasteiger partial charge in [-0.2, -0.15) is 0 Å². The van der Waals surface area contributed by atoms with Crippen molar-refractivity contribution in [1.29, 1.82) is 0 Å². The lowest BCUT2D eigenvalue weighted by atomic mass is 10.1. The molecule has 0 aliphatic heterocycles. The molecule has 0 aliphatic carbocycles. The zero-order valence-electron chi connectivity index (χ0n) is 19.9. The Bertz CT molecular complexity index is 823. The molecular formula is C26H39N3O2. The van der Waals surface area contributed by atoms with Gasteiger partial charge in [-0.3, -0.25) is 9.59 Å². The van der Waals surface area contributed by atoms with Gasteiger partial charge < -0.3 is 14.4 Å². The molecule has 0 bridgehead atoms. The van der Waals surface area contributed by atoms with Crippen LogP contribution in [0.4, 0.5) is 0 Å². The number of aromatic nitrogens is 1. The normalized spacial score (nSPS) is 11.0. The van der Waals surface area contributed by atoms with Gasteiger partial charge in [-0.05, 0) is 55.0 Å². The van der Waals surface area contributed by atoms with Gasteiger partial charge in [0.2, 0.25) is 5.91 Å². The van der Waals surface area contributed by atoms with E-state index < -0.39 is 0 Å². The van der Waals surface area contributed by atoms with Crippen molar-refractivity contribution in [1.82, 2.24) is 14.4 Å². The molecule has 1 heterocycles. The Labute approximate surface area is 188 Å². The zero-order chi connectivity index (χ0) is 22.8. The summed E-state index contributed by atoms with van der Waals surface area (Å²) in [5.41, 5.74) is 2.99. The van der Waals surface area contributed by atoms with Crippen molar-refractivity contribution in [3.63, 3.8) is 0 Å². The van der Waals surface area contributed by atoms with Crippen LogP contribution in [0.5, 0.6) is 0 Å². The van der Waals surface area contributed by atoms with Crippen LogP contribution in [0.25, 0.3) is 0 Å². The molecule has 5 heteroatoms. The molecule has 0 radical (unpaired) electrons. The molecule has 1 aromatic carbocycles. The van der Waals surface area contributed by atoms with Crippen LogP contribution in [0, 0.1) is 5.92 Å². The third-order valence-electron chi connectivity index (χ3n) is 5.47. The number of rotatable bonds is 12. The Morgan fingerprint density at radius 3 is 2.26 bits per heavy atom. The minimum Gasteiger partial charge on any atom is -0.353 e. The Kier molecular flexibility index (Phi) is 9.83. The molecule has 2 amide bonds. The highest BCUT2D eigenvalue weighted by Gasteiger charge is 2.23. The van der Waals surface area contributed by atoms with Crippen molar-refractivity contribution in [2.45, 2.75) is 59.9 Å². The van der Waals surface area contributed by atoms with Crippen LogP contribution < -0.4 is 0 Å². The molecule has 0 N–H and O–H groups in total. The molecule has 0 unspecified atom stereocenters. The fraction of sp³-hybridized carbons (Fsp3) is 0.538. The summed E-state index contributed by atoms with van der Waals surface area (Å²) in [5, 5.41) is 0. The molecule has 2 aromatic rings. The van der Waals surface area contributed by atoms with Crippen molar-refractivity contribution in [3.05, 3.63) is 59.4 Å². The number of carbonyl (C=O) groups is 2. The summed E-state index contributed by atoms with van der Waals surface area (Å²) in [7, 11) is 1.99. The molecule has 1 aromatic heterocycles. The number of amides is 2. The van der Waals surface area contributed by atoms with Crippen LogP contribution in [0.3, 0.4) is 0 Å². The molecule has 5 nitrogen and oxygen atoms in total. The van der Waals surface area contributed by atoms with E-state index in [0.717, 1.165) is 31.4 Å². The average molecular weight is 426 g/mol. The van der Waals surface area contributed by atoms with E-state index in [-0.39, 0.29) is 18.4 Å². The summed E-state index contributed by atoms with van der Waals surface area (Å²) in [6, 6.07) is 11.9. The largest absolute Gasteiger partial charge is 0.353 e. The number of nitrogens with zero attached hydrogens (tertiary/aromatic N) is 3. The average Bonchev–Trinajstić information content (AvgIpc) is 3.15. The van der Waals surface area contributed by atoms with Crippen LogP contribution in [0.2, 0.25) is 0 Å². The molecule has 0 aliphatic rings. The number of hydrogen-bond donors (Lipinski definition) is 0. The first-order valence-corrected chi connectivity index (χ1v) is 11.6. The fourth-order valence-electron chi connectivity index (χ4n) is 3.71. The summed E-state index contributed by atoms with van der Waals surface area (Å²) in [6.07, 6.45) is 6.14. The first kappa shape index (κ1) is 24.7. The SMILES string of the molecule is CCCCc1ccc(C(=O)N(CCC)CC(=O)N(Cc2cccn2C)CC(C)C)cc1. The Hall–Kier alpha value is -2.56. The van der Waals surface area contributed by atoms with E-state index in [1.807, 2.05) is 66.0 Å². The van der Waals surface area contributed by atoms with E-state index in [1.165, 1.54) is 5.56 Å². The second kappa shape index (κ2) is 12.3. The number of benzene rings is 1. The Morgan fingerprint density at radius 1 is 1.00 bits per heavy atom. The Morgan fingerprint density at radius 2 is 1.71 bits per heavy atom. The lowest BCUT2D eigenvalue weighted by Crippen LogP contribution is -2.44. The zero-order valence-corrected chi connectivity index (χ0v) is 19.9. The summed E-state index contributed by atoms with van der Waals surface area (Å²) in [5.74, 6) is 0.284. The molecule has 31 heavy (non-hydrogen) atoms. The van der Waals surface area contributed by atoms with Gasteiger partial charge >= 0.3 is 0 Å². The van der Waals surface area contributed by atoms with Crippen molar-refractivity contribution in [3.8, 4) is 0 Å². The standard InChI is InChI=1S/C26H39N3O2/c1-6-8-10-22-12-14-23(15-13-22)26(31)28(16-7-2)20-25(30)29(18-21(3)4)19-24-11-9-17-27(24)5/h9,11-15,17,21H,6-8,10,16,18-20H2,1-5H3. The maximum absolute atomic E-state index is 13.2. The second-order valence-electron chi connectivity index (χ2n) is 8.81. The lowest BCUT2D eigenvalue weighted by Gasteiger charge is -2.29. The van der Waals surface area contributed by atoms with Crippen LogP contribution in [0.15, 0.2) is 42.6 Å². The minimum atomic E-state index is -0.0689. The molecule has 0 saturated heterocycles. The fourth-order valence-corrected chi connectivity index (χ4v) is 3.71. The van der Waals surface area contributed by atoms with Gasteiger partial charge in [0.1, 0.15) is 6.54 Å². The van der Waals surface area contributed by atoms with E-state index >= 15 is 0 Å². The van der Waals surface area contributed by atoms with Crippen molar-refractivity contribution in [2.24, 2.45) is 13.0 Å². The van der Waals surface area contributed by atoms with Gasteiger partial charge in [-0.15, -0.1) is 0 Å². The highest BCUT2D eigenvalue weighted by molar-refractivity contribution is 5.96. The van der Waals surface area contributed by atoms with Crippen molar-refractivity contribution < 1.29 is 9.59 Å². The van der Waals surface area contributed by atoms with Gasteiger partial charge in [0, 0.05) is 37.6 Å². The quantitative estimate of drug-likeness (QED) is 0.485. The van der Waals surface area contributed by atoms with E-state index in [4.69, 9.17) is 0 Å². The highest BCUT2D eigenvalue weighted by Crippen LogP contribution is 2.13. The van der Waals surface area contributed by atoms with Gasteiger partial charge in [-0.1, -0.05) is 46.2 Å². The maximum Gasteiger partial charge on any atom is 0.254 e. The van der Waals surface area contributed by atoms with Crippen molar-refractivity contribution in [2.75, 3.05) is 19.6 Å². The third-order valence-corrected chi connectivity index (χ3v) is 5.47. The molecule has 0 atom stereocenters. The molecule has 0 fully saturated rings. The monoisotopic (exact) mass is 425 g/mol. The predicted molar refractivity (Wildman–Crippen MR) is 127 cm³/mol. The van der Waals surface area contributed by atoms with Crippen LogP contribution in [-0.2, 0) is 24.8 Å². The maximum atomic E-state index is 13.2. The van der Waals surface area contributed by atoms with E-state index in [9.17, 15) is 9.59 Å². The van der Waals surface area contributed by atoms with Gasteiger partial charge in [0.15, 0.2) is 0 Å². The Balaban J connectivity index is 2.12. The summed E-state index contributed by atoms with van der Waals surface area (Å²) >= 11 is 0. The van der Waals surface area contributed by atoms with Crippen LogP contribution in [0.1, 0.15) is 68.6 Å². The minimum absolute atomic E-state index is 0.00346. The van der Waals surface area contributed by atoms with Gasteiger partial charge in [0.05, 0.1) is 6.54 Å². The topological polar surface area (TPSA) is 45.6 Å². The molecule has 2 rings (SSSR count). The van der Waals surface area contributed by atoms with Crippen molar-refractivity contribution >= 4 is 11.8 Å². The molecule has 170 valence electrons. The molecular weight excluding hydrogens is 386 g/mol. The number of unbranched alkanes of at least 4 members (excludes halogenated alkanes) is 1. The van der Waals surface area contributed by atoms with E-state index in [0.29, 0.717) is 31.1 Å². The molecule has 0 saturated carbocycles. The first-order chi connectivity index (χ1) is 14.8. The summed E-state index contributed by atoms with van der Waals surface area (Å²) in [6.45, 7) is 10.3. The number of carbonyl (C=O) groups excluding carboxylic acids is 2. The van der Waals surface area contributed by atoms with Crippen LogP contribution in [-0.4, -0.2) is 45.8 Å². The van der Waals surface area contributed by atoms with Crippen LogP contribution >= 0.6 is 0 Å². The predicted octanol–water partition coefficient (Wildman–Crippen LogP) is 4.90. The van der Waals surface area contributed by atoms with Gasteiger partial charge in [0.25, 0.3) is 5.91 Å². The highest BCUT2D eigenvalue weighted by atomic mass is 16.2. The second-order valence-corrected chi connectivity index (χ2v) is 8.81. The van der Waals surface area contributed by atoms with Gasteiger partial charge in [-0.25, -0.2) is 0 Å². The smallest absolute Gasteiger partial charge is 0.254 e. The lowest BCUT2D eigenvalue weighted by molar-refractivity contribution is -0.133. The summed E-state index contributed by atoms with van der Waals surface area (Å²) < 4.78 is 2.04. The van der Waals surface area contributed by atoms with E-state index in [1.54, 1.807) is 4.90 Å². The molecule has 0 spiro atoms. The van der Waals surface area contributed by atoms with E-state index in [2.05, 4.69) is 20.8 Å². The number of aryl methyl sites for hydroxylation is 2.